The van der Waals surface area contributed by atoms with Gasteiger partial charge >= 0.3 is 0 Å². The van der Waals surface area contributed by atoms with Gasteiger partial charge in [-0.2, -0.15) is 5.26 Å². The van der Waals surface area contributed by atoms with Gasteiger partial charge in [0.1, 0.15) is 11.9 Å². The smallest absolute Gasteiger partial charge is 0.110 e. The minimum Gasteiger partial charge on any atom is -0.326 e. The average Bonchev–Trinajstić information content (AvgIpc) is 2.74. The Morgan fingerprint density at radius 3 is 2.88 bits per heavy atom. The van der Waals surface area contributed by atoms with Crippen molar-refractivity contribution in [2.75, 3.05) is 0 Å². The summed E-state index contributed by atoms with van der Waals surface area (Å²) in [5.74, 6) is 0.858. The molecule has 0 atom stereocenters. The maximum absolute atomic E-state index is 9.10. The molecule has 0 spiro atoms. The Morgan fingerprint density at radius 1 is 1.50 bits per heavy atom. The third kappa shape index (κ3) is 1.69. The zero-order valence-electron chi connectivity index (χ0n) is 9.01. The van der Waals surface area contributed by atoms with Gasteiger partial charge in [-0.3, -0.25) is 0 Å². The van der Waals surface area contributed by atoms with Gasteiger partial charge in [0.15, 0.2) is 0 Å². The van der Waals surface area contributed by atoms with Crippen LogP contribution in [-0.2, 0) is 6.54 Å². The second-order valence-corrected chi connectivity index (χ2v) is 3.51. The Morgan fingerprint density at radius 2 is 2.31 bits per heavy atom. The Labute approximate surface area is 94.0 Å². The van der Waals surface area contributed by atoms with E-state index in [0.29, 0.717) is 12.1 Å². The van der Waals surface area contributed by atoms with Crippen molar-refractivity contribution in [2.45, 2.75) is 13.5 Å². The molecule has 4 heteroatoms. The van der Waals surface area contributed by atoms with Crippen molar-refractivity contribution in [1.29, 1.82) is 5.26 Å². The van der Waals surface area contributed by atoms with Gasteiger partial charge in [-0.15, -0.1) is 0 Å². The van der Waals surface area contributed by atoms with Crippen LogP contribution in [-0.4, -0.2) is 9.55 Å². The van der Waals surface area contributed by atoms with E-state index >= 15 is 0 Å². The van der Waals surface area contributed by atoms with Crippen molar-refractivity contribution < 1.29 is 0 Å². The van der Waals surface area contributed by atoms with Crippen LogP contribution in [0.1, 0.15) is 17.0 Å². The first-order valence-electron chi connectivity index (χ1n) is 4.99. The summed E-state index contributed by atoms with van der Waals surface area (Å²) in [7, 11) is 0. The summed E-state index contributed by atoms with van der Waals surface area (Å²) in [5.41, 5.74) is 7.96. The third-order valence-corrected chi connectivity index (χ3v) is 2.50. The number of imidazole rings is 1. The number of aryl methyl sites for hydroxylation is 1. The van der Waals surface area contributed by atoms with Crippen LogP contribution in [0.4, 0.5) is 0 Å². The highest BCUT2D eigenvalue weighted by Gasteiger charge is 2.07. The van der Waals surface area contributed by atoms with Crippen LogP contribution >= 0.6 is 0 Å². The van der Waals surface area contributed by atoms with E-state index in [2.05, 4.69) is 11.1 Å². The third-order valence-electron chi connectivity index (χ3n) is 2.50. The normalized spacial score (nSPS) is 10.1. The summed E-state index contributed by atoms with van der Waals surface area (Å²) < 4.78 is 1.89. The molecule has 0 saturated carbocycles. The van der Waals surface area contributed by atoms with Crippen LogP contribution in [0.3, 0.4) is 0 Å². The largest absolute Gasteiger partial charge is 0.326 e. The fourth-order valence-electron chi connectivity index (χ4n) is 1.64. The van der Waals surface area contributed by atoms with Crippen molar-refractivity contribution in [2.24, 2.45) is 5.73 Å². The average molecular weight is 212 g/mol. The van der Waals surface area contributed by atoms with Crippen LogP contribution < -0.4 is 5.73 Å². The van der Waals surface area contributed by atoms with Crippen LogP contribution in [0.25, 0.3) is 5.69 Å². The molecular weight excluding hydrogens is 200 g/mol. The second-order valence-electron chi connectivity index (χ2n) is 3.51. The summed E-state index contributed by atoms with van der Waals surface area (Å²) in [4.78, 5) is 4.14. The molecule has 2 N–H and O–H groups in total. The van der Waals surface area contributed by atoms with E-state index in [0.717, 1.165) is 17.1 Å². The minimum atomic E-state index is 0.442. The van der Waals surface area contributed by atoms with E-state index in [1.807, 2.05) is 35.9 Å². The number of hydrogen-bond donors (Lipinski definition) is 1. The number of rotatable bonds is 2. The van der Waals surface area contributed by atoms with E-state index in [4.69, 9.17) is 11.0 Å². The minimum absolute atomic E-state index is 0.442. The predicted octanol–water partition coefficient (Wildman–Crippen LogP) is 1.51. The molecule has 0 aliphatic carbocycles. The molecule has 0 radical (unpaired) electrons. The molecule has 0 aliphatic rings. The summed E-state index contributed by atoms with van der Waals surface area (Å²) in [5, 5.41) is 9.10. The lowest BCUT2D eigenvalue weighted by atomic mass is 10.1. The van der Waals surface area contributed by atoms with Gasteiger partial charge in [0, 0.05) is 18.9 Å². The Bertz CT molecular complexity index is 548. The maximum Gasteiger partial charge on any atom is 0.110 e. The van der Waals surface area contributed by atoms with Crippen molar-refractivity contribution >= 4 is 0 Å². The van der Waals surface area contributed by atoms with Crippen LogP contribution in [0.5, 0.6) is 0 Å². The molecule has 4 nitrogen and oxygen atoms in total. The molecule has 0 aliphatic heterocycles. The Kier molecular flexibility index (Phi) is 2.71. The van der Waals surface area contributed by atoms with E-state index in [1.54, 1.807) is 6.20 Å². The molecule has 0 bridgehead atoms. The lowest BCUT2D eigenvalue weighted by Crippen LogP contribution is -2.02. The van der Waals surface area contributed by atoms with E-state index in [1.165, 1.54) is 0 Å². The van der Waals surface area contributed by atoms with E-state index in [-0.39, 0.29) is 0 Å². The predicted molar refractivity (Wildman–Crippen MR) is 60.9 cm³/mol. The summed E-state index contributed by atoms with van der Waals surface area (Å²) >= 11 is 0. The molecule has 0 saturated heterocycles. The molecule has 0 amide bonds. The molecule has 2 aromatic rings. The summed E-state index contributed by atoms with van der Waals surface area (Å²) in [6.45, 7) is 2.34. The lowest BCUT2D eigenvalue weighted by Gasteiger charge is -2.08. The molecular formula is C12H12N4. The first-order chi connectivity index (χ1) is 7.76. The number of nitriles is 1. The first-order valence-corrected chi connectivity index (χ1v) is 4.99. The Hall–Kier alpha value is -2.12. The van der Waals surface area contributed by atoms with Gasteiger partial charge in [0.05, 0.1) is 11.3 Å². The highest BCUT2D eigenvalue weighted by molar-refractivity contribution is 5.51. The lowest BCUT2D eigenvalue weighted by molar-refractivity contribution is 0.965. The van der Waals surface area contributed by atoms with Gasteiger partial charge in [-0.1, -0.05) is 6.07 Å². The number of nitrogens with two attached hydrogens (primary N) is 1. The fraction of sp³-hybridized carbons (Fsp3) is 0.167. The highest BCUT2D eigenvalue weighted by Crippen LogP contribution is 2.17. The highest BCUT2D eigenvalue weighted by atomic mass is 15.1. The molecule has 0 fully saturated rings. The van der Waals surface area contributed by atoms with Crippen molar-refractivity contribution in [1.82, 2.24) is 9.55 Å². The maximum atomic E-state index is 9.10. The van der Waals surface area contributed by atoms with Crippen LogP contribution in [0.2, 0.25) is 0 Å². The zero-order chi connectivity index (χ0) is 11.5. The van der Waals surface area contributed by atoms with Crippen LogP contribution in [0.15, 0.2) is 30.6 Å². The quantitative estimate of drug-likeness (QED) is 0.820. The topological polar surface area (TPSA) is 67.6 Å². The molecule has 80 valence electrons. The van der Waals surface area contributed by atoms with Crippen molar-refractivity contribution in [3.8, 4) is 11.8 Å². The number of nitrogens with zero attached hydrogens (tertiary/aromatic N) is 3. The van der Waals surface area contributed by atoms with Crippen LogP contribution in [0, 0.1) is 18.3 Å². The Balaban J connectivity index is 2.59. The van der Waals surface area contributed by atoms with Gasteiger partial charge in [-0.05, 0) is 24.6 Å². The molecule has 16 heavy (non-hydrogen) atoms. The molecule has 1 heterocycles. The van der Waals surface area contributed by atoms with Gasteiger partial charge in [0.2, 0.25) is 0 Å². The monoisotopic (exact) mass is 212 g/mol. The number of aromatic nitrogens is 2. The molecule has 0 unspecified atom stereocenters. The van der Waals surface area contributed by atoms with Gasteiger partial charge < -0.3 is 10.3 Å². The van der Waals surface area contributed by atoms with Gasteiger partial charge in [0.25, 0.3) is 0 Å². The molecule has 2 rings (SSSR count). The number of benzene rings is 1. The fourth-order valence-corrected chi connectivity index (χ4v) is 1.64. The van der Waals surface area contributed by atoms with E-state index in [9.17, 15) is 0 Å². The SMILES string of the molecule is Cc1nccn1-c1ccc(CN)cc1C#N. The van der Waals surface area contributed by atoms with Gasteiger partial charge in [-0.25, -0.2) is 4.98 Å². The molecule has 1 aromatic carbocycles. The molecule has 1 aromatic heterocycles. The number of hydrogen-bond acceptors (Lipinski definition) is 3. The van der Waals surface area contributed by atoms with Crippen molar-refractivity contribution in [3.05, 3.63) is 47.5 Å². The standard InChI is InChI=1S/C12H12N4/c1-9-15-4-5-16(9)12-3-2-10(7-13)6-11(12)8-14/h2-6H,7,13H2,1H3. The zero-order valence-corrected chi connectivity index (χ0v) is 9.01. The summed E-state index contributed by atoms with van der Waals surface area (Å²) in [6, 6.07) is 7.82. The van der Waals surface area contributed by atoms with Crippen molar-refractivity contribution in [3.63, 3.8) is 0 Å². The summed E-state index contributed by atoms with van der Waals surface area (Å²) in [6.07, 6.45) is 3.56. The first kappa shape index (κ1) is 10.4. The second kappa shape index (κ2) is 4.17. The van der Waals surface area contributed by atoms with E-state index < -0.39 is 0 Å².